The molecule has 30 heavy (non-hydrogen) atoms. The smallest absolute Gasteiger partial charge is 0.325 e. The number of nitro benzene ring substituents is 1. The molecule has 3 aliphatic rings. The number of ether oxygens (including phenoxy) is 2. The lowest BCUT2D eigenvalue weighted by Gasteiger charge is -2.33. The lowest BCUT2D eigenvalue weighted by Crippen LogP contribution is -2.46. The summed E-state index contributed by atoms with van der Waals surface area (Å²) in [6.45, 7) is 0.0648. The van der Waals surface area contributed by atoms with Gasteiger partial charge in [0, 0.05) is 23.3 Å². The highest BCUT2D eigenvalue weighted by Crippen LogP contribution is 2.41. The van der Waals surface area contributed by atoms with Crippen LogP contribution in [0.5, 0.6) is 5.75 Å². The molecular formula is C21H19N3O6. The molecule has 0 saturated carbocycles. The Morgan fingerprint density at radius 1 is 1.20 bits per heavy atom. The van der Waals surface area contributed by atoms with E-state index in [4.69, 9.17) is 9.47 Å². The maximum atomic E-state index is 13.5. The summed E-state index contributed by atoms with van der Waals surface area (Å²) >= 11 is 0. The van der Waals surface area contributed by atoms with Crippen molar-refractivity contribution in [2.45, 2.75) is 38.0 Å². The van der Waals surface area contributed by atoms with Gasteiger partial charge < -0.3 is 14.8 Å². The summed E-state index contributed by atoms with van der Waals surface area (Å²) in [5, 5.41) is 14.2. The van der Waals surface area contributed by atoms with Crippen LogP contribution in [0.2, 0.25) is 0 Å². The summed E-state index contributed by atoms with van der Waals surface area (Å²) in [4.78, 5) is 38.3. The number of amides is 3. The van der Waals surface area contributed by atoms with Gasteiger partial charge in [0.15, 0.2) is 6.79 Å². The highest BCUT2D eigenvalue weighted by atomic mass is 16.7. The average Bonchev–Trinajstić information content (AvgIpc) is 2.98. The number of hydrogen-bond donors (Lipinski definition) is 1. The van der Waals surface area contributed by atoms with Crippen molar-refractivity contribution in [3.05, 3.63) is 68.8 Å². The molecule has 0 aromatic heterocycles. The first kappa shape index (κ1) is 18.6. The van der Waals surface area contributed by atoms with Gasteiger partial charge >= 0.3 is 6.03 Å². The lowest BCUT2D eigenvalue weighted by atomic mass is 9.76. The summed E-state index contributed by atoms with van der Waals surface area (Å²) in [7, 11) is 0. The van der Waals surface area contributed by atoms with Crippen LogP contribution in [0.3, 0.4) is 0 Å². The summed E-state index contributed by atoms with van der Waals surface area (Å²) in [5.41, 5.74) is 1.58. The number of hydrogen-bond acceptors (Lipinski definition) is 6. The number of aryl methyl sites for hydroxylation is 1. The Bertz CT molecular complexity index is 1080. The van der Waals surface area contributed by atoms with Crippen LogP contribution < -0.4 is 10.1 Å². The topological polar surface area (TPSA) is 111 Å². The quantitative estimate of drug-likeness (QED) is 0.474. The fourth-order valence-corrected chi connectivity index (χ4v) is 4.63. The second-order valence-corrected chi connectivity index (χ2v) is 7.70. The number of nitrogens with one attached hydrogen (secondary N) is 1. The third kappa shape index (κ3) is 2.73. The number of imide groups is 1. The highest BCUT2D eigenvalue weighted by Gasteiger charge is 2.54. The monoisotopic (exact) mass is 409 g/mol. The molecule has 2 aromatic rings. The molecular weight excluding hydrogens is 390 g/mol. The largest absolute Gasteiger partial charge is 0.467 e. The van der Waals surface area contributed by atoms with E-state index >= 15 is 0 Å². The van der Waals surface area contributed by atoms with Crippen molar-refractivity contribution in [1.29, 1.82) is 0 Å². The van der Waals surface area contributed by atoms with Crippen molar-refractivity contribution >= 4 is 17.6 Å². The van der Waals surface area contributed by atoms with Gasteiger partial charge in [-0.05, 0) is 30.4 Å². The number of rotatable bonds is 3. The van der Waals surface area contributed by atoms with Crippen LogP contribution in [0.4, 0.5) is 10.5 Å². The fourth-order valence-electron chi connectivity index (χ4n) is 4.63. The van der Waals surface area contributed by atoms with Crippen molar-refractivity contribution in [3.8, 4) is 5.75 Å². The van der Waals surface area contributed by atoms with Gasteiger partial charge in [-0.15, -0.1) is 0 Å². The Balaban J connectivity index is 1.53. The molecule has 9 heteroatoms. The summed E-state index contributed by atoms with van der Waals surface area (Å²) < 4.78 is 10.8. The first-order valence-electron chi connectivity index (χ1n) is 9.73. The van der Waals surface area contributed by atoms with Gasteiger partial charge in [-0.1, -0.05) is 24.3 Å². The molecule has 1 N–H and O–H groups in total. The number of urea groups is 1. The molecule has 0 bridgehead atoms. The molecule has 0 radical (unpaired) electrons. The molecule has 154 valence electrons. The SMILES string of the molecule is O=C1N[C@@]2(CCCc3ccccc32)C(=O)N1Cc1cc([N+](=O)[O-])cc2c1OCOC2. The van der Waals surface area contributed by atoms with Crippen molar-refractivity contribution in [2.75, 3.05) is 6.79 Å². The first-order valence-corrected chi connectivity index (χ1v) is 9.73. The standard InChI is InChI=1S/C21H19N3O6/c25-19-21(7-3-5-13-4-1-2-6-17(13)21)22-20(26)23(19)10-14-8-16(24(27)28)9-15-11-29-12-30-18(14)15/h1-2,4,6,8-9H,3,5,7,10-12H2,(H,22,26)/t21-/m1/s1. The van der Waals surface area contributed by atoms with E-state index in [1.54, 1.807) is 0 Å². The minimum Gasteiger partial charge on any atom is -0.467 e. The number of benzene rings is 2. The second-order valence-electron chi connectivity index (χ2n) is 7.70. The molecule has 1 saturated heterocycles. The zero-order valence-electron chi connectivity index (χ0n) is 16.1. The van der Waals surface area contributed by atoms with E-state index in [-0.39, 0.29) is 31.5 Å². The van der Waals surface area contributed by atoms with Gasteiger partial charge in [0.2, 0.25) is 0 Å². The Kier molecular flexibility index (Phi) is 4.21. The molecule has 9 nitrogen and oxygen atoms in total. The van der Waals surface area contributed by atoms with Gasteiger partial charge in [-0.3, -0.25) is 19.8 Å². The van der Waals surface area contributed by atoms with E-state index in [1.807, 2.05) is 24.3 Å². The molecule has 3 amide bonds. The van der Waals surface area contributed by atoms with Gasteiger partial charge in [0.25, 0.3) is 11.6 Å². The maximum Gasteiger partial charge on any atom is 0.325 e. The predicted molar refractivity (Wildman–Crippen MR) is 104 cm³/mol. The number of nitrogens with zero attached hydrogens (tertiary/aromatic N) is 2. The minimum atomic E-state index is -1.09. The van der Waals surface area contributed by atoms with E-state index in [1.165, 1.54) is 12.1 Å². The van der Waals surface area contributed by atoms with Gasteiger partial charge in [0.05, 0.1) is 18.1 Å². The van der Waals surface area contributed by atoms with Crippen LogP contribution >= 0.6 is 0 Å². The van der Waals surface area contributed by atoms with E-state index in [2.05, 4.69) is 5.32 Å². The molecule has 1 aliphatic carbocycles. The zero-order chi connectivity index (χ0) is 20.9. The number of carbonyl (C=O) groups excluding carboxylic acids is 2. The number of non-ortho nitro benzene ring substituents is 1. The van der Waals surface area contributed by atoms with Crippen molar-refractivity contribution in [3.63, 3.8) is 0 Å². The summed E-state index contributed by atoms with van der Waals surface area (Å²) in [5.74, 6) is 0.0874. The molecule has 2 aromatic carbocycles. The van der Waals surface area contributed by atoms with Crippen LogP contribution in [0.15, 0.2) is 36.4 Å². The third-order valence-corrected chi connectivity index (χ3v) is 5.96. The van der Waals surface area contributed by atoms with E-state index in [9.17, 15) is 19.7 Å². The Morgan fingerprint density at radius 2 is 2.03 bits per heavy atom. The van der Waals surface area contributed by atoms with Crippen molar-refractivity contribution in [2.24, 2.45) is 0 Å². The Labute approximate surface area is 171 Å². The summed E-state index contributed by atoms with van der Waals surface area (Å²) in [6.07, 6.45) is 2.15. The van der Waals surface area contributed by atoms with E-state index in [0.29, 0.717) is 23.3 Å². The lowest BCUT2D eigenvalue weighted by molar-refractivity contribution is -0.385. The molecule has 2 aliphatic heterocycles. The van der Waals surface area contributed by atoms with Crippen LogP contribution in [-0.2, 0) is 34.6 Å². The first-order chi connectivity index (χ1) is 14.5. The molecule has 5 rings (SSSR count). The normalized spacial score (nSPS) is 22.3. The second kappa shape index (κ2) is 6.81. The molecule has 2 heterocycles. The minimum absolute atomic E-state index is 0.00919. The van der Waals surface area contributed by atoms with E-state index < -0.39 is 16.5 Å². The highest BCUT2D eigenvalue weighted by molar-refractivity contribution is 6.07. The van der Waals surface area contributed by atoms with Crippen LogP contribution in [0, 0.1) is 10.1 Å². The Hall–Kier alpha value is -3.46. The summed E-state index contributed by atoms with van der Waals surface area (Å²) in [6, 6.07) is 9.87. The van der Waals surface area contributed by atoms with Crippen molar-refractivity contribution in [1.82, 2.24) is 10.2 Å². The molecule has 1 fully saturated rings. The number of fused-ring (bicyclic) bond motifs is 3. The average molecular weight is 409 g/mol. The van der Waals surface area contributed by atoms with Gasteiger partial charge in [-0.2, -0.15) is 0 Å². The van der Waals surface area contributed by atoms with Crippen LogP contribution in [0.25, 0.3) is 0 Å². The Morgan fingerprint density at radius 3 is 2.87 bits per heavy atom. The van der Waals surface area contributed by atoms with Gasteiger partial charge in [0.1, 0.15) is 11.3 Å². The number of carbonyl (C=O) groups is 2. The van der Waals surface area contributed by atoms with E-state index in [0.717, 1.165) is 28.9 Å². The van der Waals surface area contributed by atoms with Crippen LogP contribution in [-0.4, -0.2) is 28.6 Å². The molecule has 0 unspecified atom stereocenters. The third-order valence-electron chi connectivity index (χ3n) is 5.96. The zero-order valence-corrected chi connectivity index (χ0v) is 16.1. The maximum absolute atomic E-state index is 13.5. The fraction of sp³-hybridized carbons (Fsp3) is 0.333. The van der Waals surface area contributed by atoms with Crippen LogP contribution in [0.1, 0.15) is 35.1 Å². The number of nitro groups is 1. The molecule has 1 atom stereocenters. The van der Waals surface area contributed by atoms with Gasteiger partial charge in [-0.25, -0.2) is 4.79 Å². The van der Waals surface area contributed by atoms with Crippen molar-refractivity contribution < 1.29 is 24.0 Å². The molecule has 1 spiro atoms. The predicted octanol–water partition coefficient (Wildman–Crippen LogP) is 2.74.